The van der Waals surface area contributed by atoms with Gasteiger partial charge in [0, 0.05) is 12.6 Å². The highest BCUT2D eigenvalue weighted by Crippen LogP contribution is 2.40. The van der Waals surface area contributed by atoms with Crippen molar-refractivity contribution in [3.8, 4) is 0 Å². The summed E-state index contributed by atoms with van der Waals surface area (Å²) in [6, 6.07) is 3.25. The highest BCUT2D eigenvalue weighted by atomic mass is 79.9. The summed E-state index contributed by atoms with van der Waals surface area (Å²) in [5.41, 5.74) is 1.64. The Morgan fingerprint density at radius 3 is 2.89 bits per heavy atom. The molecular weight excluding hydrogens is 319 g/mol. The van der Waals surface area contributed by atoms with Gasteiger partial charge in [-0.25, -0.2) is 9.37 Å². The molecule has 1 aliphatic rings. The van der Waals surface area contributed by atoms with Gasteiger partial charge in [0.25, 0.3) is 0 Å². The standard InChI is InChI=1S/C13H13BrClFN2/c1-7-2-8(7)6-18-12-3-9(14)10(16)4-11(12)17-13(18)5-15/h3-4,7-8H,2,5-6H2,1H3. The average Bonchev–Trinajstić information content (AvgIpc) is 2.93. The van der Waals surface area contributed by atoms with Gasteiger partial charge in [0.05, 0.1) is 21.4 Å². The van der Waals surface area contributed by atoms with Crippen molar-refractivity contribution in [2.75, 3.05) is 0 Å². The summed E-state index contributed by atoms with van der Waals surface area (Å²) >= 11 is 9.16. The van der Waals surface area contributed by atoms with E-state index in [0.29, 0.717) is 21.8 Å². The Morgan fingerprint density at radius 2 is 2.28 bits per heavy atom. The molecule has 0 aliphatic heterocycles. The van der Waals surface area contributed by atoms with Crippen LogP contribution in [0.3, 0.4) is 0 Å². The summed E-state index contributed by atoms with van der Waals surface area (Å²) in [5.74, 6) is 2.37. The van der Waals surface area contributed by atoms with Crippen LogP contribution in [0, 0.1) is 17.7 Å². The molecule has 1 aliphatic carbocycles. The molecule has 0 spiro atoms. The third kappa shape index (κ3) is 2.05. The van der Waals surface area contributed by atoms with Crippen molar-refractivity contribution >= 4 is 38.6 Å². The zero-order valence-electron chi connectivity index (χ0n) is 9.96. The van der Waals surface area contributed by atoms with Crippen LogP contribution in [0.5, 0.6) is 0 Å². The number of fused-ring (bicyclic) bond motifs is 1. The number of imidazole rings is 1. The lowest BCUT2D eigenvalue weighted by Crippen LogP contribution is -2.04. The lowest BCUT2D eigenvalue weighted by atomic mass is 10.3. The third-order valence-electron chi connectivity index (χ3n) is 3.68. The summed E-state index contributed by atoms with van der Waals surface area (Å²) in [4.78, 5) is 4.41. The van der Waals surface area contributed by atoms with E-state index in [2.05, 4.69) is 32.4 Å². The first-order valence-corrected chi connectivity index (χ1v) is 7.33. The number of alkyl halides is 1. The molecular formula is C13H13BrClFN2. The second-order valence-corrected chi connectivity index (χ2v) is 6.12. The average molecular weight is 332 g/mol. The molecule has 1 aromatic heterocycles. The maximum Gasteiger partial charge on any atom is 0.139 e. The minimum absolute atomic E-state index is 0.284. The second-order valence-electron chi connectivity index (χ2n) is 5.00. The maximum absolute atomic E-state index is 13.5. The van der Waals surface area contributed by atoms with Gasteiger partial charge in [-0.2, -0.15) is 0 Å². The normalized spacial score (nSPS) is 22.7. The lowest BCUT2D eigenvalue weighted by molar-refractivity contribution is 0.590. The van der Waals surface area contributed by atoms with E-state index < -0.39 is 0 Å². The van der Waals surface area contributed by atoms with Gasteiger partial charge in [-0.05, 0) is 40.3 Å². The molecule has 1 heterocycles. The van der Waals surface area contributed by atoms with Crippen molar-refractivity contribution in [2.24, 2.45) is 11.8 Å². The molecule has 2 atom stereocenters. The molecule has 2 aromatic rings. The number of hydrogen-bond donors (Lipinski definition) is 0. The Hall–Kier alpha value is -0.610. The van der Waals surface area contributed by atoms with E-state index >= 15 is 0 Å². The molecule has 1 fully saturated rings. The molecule has 0 saturated heterocycles. The maximum atomic E-state index is 13.5. The van der Waals surface area contributed by atoms with Gasteiger partial charge in [-0.15, -0.1) is 11.6 Å². The molecule has 0 bridgehead atoms. The first-order chi connectivity index (χ1) is 8.60. The summed E-state index contributed by atoms with van der Waals surface area (Å²) in [7, 11) is 0. The Bertz CT molecular complexity index is 611. The van der Waals surface area contributed by atoms with Gasteiger partial charge >= 0.3 is 0 Å². The molecule has 1 aromatic carbocycles. The fourth-order valence-electron chi connectivity index (χ4n) is 2.36. The van der Waals surface area contributed by atoms with Crippen molar-refractivity contribution in [1.29, 1.82) is 0 Å². The van der Waals surface area contributed by atoms with Crippen molar-refractivity contribution in [3.05, 3.63) is 28.2 Å². The SMILES string of the molecule is CC1CC1Cn1c(CCl)nc2cc(F)c(Br)cc21. The third-order valence-corrected chi connectivity index (χ3v) is 4.53. The van der Waals surface area contributed by atoms with Gasteiger partial charge in [0.15, 0.2) is 0 Å². The predicted octanol–water partition coefficient (Wildman–Crippen LogP) is 4.33. The minimum Gasteiger partial charge on any atom is -0.327 e. The van der Waals surface area contributed by atoms with Gasteiger partial charge in [0.1, 0.15) is 11.6 Å². The molecule has 3 rings (SSSR count). The van der Waals surface area contributed by atoms with Gasteiger partial charge in [-0.3, -0.25) is 0 Å². The van der Waals surface area contributed by atoms with E-state index in [4.69, 9.17) is 11.6 Å². The summed E-state index contributed by atoms with van der Waals surface area (Å²) in [6.45, 7) is 3.18. The number of halogens is 3. The van der Waals surface area contributed by atoms with Crippen molar-refractivity contribution < 1.29 is 4.39 Å². The second kappa shape index (κ2) is 4.49. The quantitative estimate of drug-likeness (QED) is 0.765. The molecule has 96 valence electrons. The molecule has 18 heavy (non-hydrogen) atoms. The Labute approximate surface area is 118 Å². The van der Waals surface area contributed by atoms with Crippen LogP contribution in [-0.4, -0.2) is 9.55 Å². The lowest BCUT2D eigenvalue weighted by Gasteiger charge is -2.07. The van der Waals surface area contributed by atoms with Crippen LogP contribution in [0.25, 0.3) is 11.0 Å². The van der Waals surface area contributed by atoms with Crippen molar-refractivity contribution in [1.82, 2.24) is 9.55 Å². The molecule has 0 amide bonds. The van der Waals surface area contributed by atoms with E-state index in [0.717, 1.165) is 23.8 Å². The van der Waals surface area contributed by atoms with E-state index in [9.17, 15) is 4.39 Å². The number of nitrogens with zero attached hydrogens (tertiary/aromatic N) is 2. The van der Waals surface area contributed by atoms with Gasteiger partial charge in [-0.1, -0.05) is 6.92 Å². The van der Waals surface area contributed by atoms with Gasteiger partial charge in [0.2, 0.25) is 0 Å². The van der Waals surface area contributed by atoms with Gasteiger partial charge < -0.3 is 4.57 Å². The number of aromatic nitrogens is 2. The largest absolute Gasteiger partial charge is 0.327 e. The molecule has 2 unspecified atom stereocenters. The molecule has 1 saturated carbocycles. The molecule has 2 nitrogen and oxygen atoms in total. The van der Waals surface area contributed by atoms with Crippen molar-refractivity contribution in [2.45, 2.75) is 25.8 Å². The van der Waals surface area contributed by atoms with Crippen LogP contribution < -0.4 is 0 Å². The molecule has 0 N–H and O–H groups in total. The smallest absolute Gasteiger partial charge is 0.139 e. The topological polar surface area (TPSA) is 17.8 Å². The highest BCUT2D eigenvalue weighted by Gasteiger charge is 2.33. The van der Waals surface area contributed by atoms with Crippen LogP contribution in [0.4, 0.5) is 4.39 Å². The van der Waals surface area contributed by atoms with Crippen LogP contribution >= 0.6 is 27.5 Å². The summed E-state index contributed by atoms with van der Waals surface area (Å²) < 4.78 is 16.1. The number of hydrogen-bond acceptors (Lipinski definition) is 1. The van der Waals surface area contributed by atoms with E-state index in [1.165, 1.54) is 12.5 Å². The van der Waals surface area contributed by atoms with Crippen LogP contribution in [0.1, 0.15) is 19.2 Å². The Morgan fingerprint density at radius 1 is 1.56 bits per heavy atom. The summed E-state index contributed by atoms with van der Waals surface area (Å²) in [5, 5.41) is 0. The molecule has 5 heteroatoms. The van der Waals surface area contributed by atoms with E-state index in [1.54, 1.807) is 6.07 Å². The predicted molar refractivity (Wildman–Crippen MR) is 74.2 cm³/mol. The Kier molecular flexibility index (Phi) is 3.10. The van der Waals surface area contributed by atoms with E-state index in [1.807, 2.05) is 0 Å². The number of rotatable bonds is 3. The first-order valence-electron chi connectivity index (χ1n) is 6.00. The van der Waals surface area contributed by atoms with Crippen LogP contribution in [0.2, 0.25) is 0 Å². The molecule has 0 radical (unpaired) electrons. The zero-order valence-corrected chi connectivity index (χ0v) is 12.3. The highest BCUT2D eigenvalue weighted by molar-refractivity contribution is 9.10. The van der Waals surface area contributed by atoms with Crippen molar-refractivity contribution in [3.63, 3.8) is 0 Å². The summed E-state index contributed by atoms with van der Waals surface area (Å²) in [6.07, 6.45) is 1.25. The van der Waals surface area contributed by atoms with E-state index in [-0.39, 0.29) is 5.82 Å². The fraction of sp³-hybridized carbons (Fsp3) is 0.462. The monoisotopic (exact) mass is 330 g/mol. The minimum atomic E-state index is -0.284. The first kappa shape index (κ1) is 12.4. The zero-order chi connectivity index (χ0) is 12.9. The Balaban J connectivity index is 2.11. The van der Waals surface area contributed by atoms with Crippen LogP contribution in [-0.2, 0) is 12.4 Å². The fourth-order valence-corrected chi connectivity index (χ4v) is 2.90. The van der Waals surface area contributed by atoms with Crippen LogP contribution in [0.15, 0.2) is 16.6 Å². The number of benzene rings is 1.